The van der Waals surface area contributed by atoms with E-state index in [2.05, 4.69) is 10.3 Å². The maximum absolute atomic E-state index is 10.4. The molecule has 0 aliphatic rings. The lowest BCUT2D eigenvalue weighted by atomic mass is 10.3. The Bertz CT molecular complexity index is 525. The van der Waals surface area contributed by atoms with E-state index >= 15 is 0 Å². The average molecular weight is 247 g/mol. The molecule has 0 fully saturated rings. The van der Waals surface area contributed by atoms with E-state index in [9.17, 15) is 4.79 Å². The summed E-state index contributed by atoms with van der Waals surface area (Å²) in [6, 6.07) is 7.41. The van der Waals surface area contributed by atoms with Gasteiger partial charge in [-0.2, -0.15) is 0 Å². The van der Waals surface area contributed by atoms with Crippen LogP contribution in [0.1, 0.15) is 10.5 Å². The highest BCUT2D eigenvalue weighted by Gasteiger charge is 2.03. The molecule has 0 saturated carbocycles. The maximum atomic E-state index is 10.4. The quantitative estimate of drug-likeness (QED) is 0.717. The summed E-state index contributed by atoms with van der Waals surface area (Å²) in [5.74, 6) is 1.36. The van der Waals surface area contributed by atoms with E-state index < -0.39 is 0 Å². The predicted molar refractivity (Wildman–Crippen MR) is 63.9 cm³/mol. The number of ether oxygens (including phenoxy) is 2. The van der Waals surface area contributed by atoms with Gasteiger partial charge in [0, 0.05) is 0 Å². The van der Waals surface area contributed by atoms with Crippen LogP contribution >= 0.6 is 0 Å². The first-order valence-corrected chi connectivity index (χ1v) is 5.44. The van der Waals surface area contributed by atoms with Gasteiger partial charge in [-0.15, -0.1) is 5.10 Å². The molecule has 1 heterocycles. The topological polar surface area (TPSA) is 66.2 Å². The fourth-order valence-corrected chi connectivity index (χ4v) is 1.46. The van der Waals surface area contributed by atoms with Gasteiger partial charge in [0.15, 0.2) is 17.8 Å². The van der Waals surface area contributed by atoms with Crippen molar-refractivity contribution in [1.82, 2.24) is 15.0 Å². The highest BCUT2D eigenvalue weighted by atomic mass is 16.5. The van der Waals surface area contributed by atoms with Gasteiger partial charge < -0.3 is 9.47 Å². The van der Waals surface area contributed by atoms with Crippen LogP contribution in [0.5, 0.6) is 11.5 Å². The zero-order valence-corrected chi connectivity index (χ0v) is 9.94. The second-order valence-electron chi connectivity index (χ2n) is 3.52. The Kier molecular flexibility index (Phi) is 3.90. The van der Waals surface area contributed by atoms with Crippen molar-refractivity contribution in [3.8, 4) is 11.5 Å². The van der Waals surface area contributed by atoms with Gasteiger partial charge in [-0.1, -0.05) is 17.3 Å². The molecule has 0 N–H and O–H groups in total. The summed E-state index contributed by atoms with van der Waals surface area (Å²) in [5, 5.41) is 7.44. The molecule has 0 bridgehead atoms. The van der Waals surface area contributed by atoms with E-state index in [1.807, 2.05) is 24.3 Å². The van der Waals surface area contributed by atoms with Gasteiger partial charge in [-0.3, -0.25) is 4.79 Å². The molecule has 0 aliphatic heterocycles. The van der Waals surface area contributed by atoms with Crippen molar-refractivity contribution in [2.24, 2.45) is 0 Å². The van der Waals surface area contributed by atoms with Gasteiger partial charge in [-0.05, 0) is 12.1 Å². The molecule has 0 atom stereocenters. The highest BCUT2D eigenvalue weighted by molar-refractivity contribution is 5.70. The predicted octanol–water partition coefficient (Wildman–Crippen LogP) is 1.18. The fraction of sp³-hybridized carbons (Fsp3) is 0.250. The van der Waals surface area contributed by atoms with Gasteiger partial charge in [0.2, 0.25) is 0 Å². The number of carbonyl (C=O) groups excluding carboxylic acids is 1. The minimum absolute atomic E-state index is 0.312. The van der Waals surface area contributed by atoms with E-state index in [1.165, 1.54) is 0 Å². The van der Waals surface area contributed by atoms with Crippen molar-refractivity contribution in [1.29, 1.82) is 0 Å². The van der Waals surface area contributed by atoms with E-state index in [-0.39, 0.29) is 0 Å². The molecule has 0 saturated heterocycles. The number of aromatic nitrogens is 3. The molecular weight excluding hydrogens is 234 g/mol. The molecule has 6 heteroatoms. The lowest BCUT2D eigenvalue weighted by Crippen LogP contribution is -2.09. The zero-order chi connectivity index (χ0) is 12.8. The van der Waals surface area contributed by atoms with Crippen LogP contribution in [-0.4, -0.2) is 35.0 Å². The lowest BCUT2D eigenvalue weighted by molar-refractivity contribution is 0.111. The molecule has 0 amide bonds. The molecular formula is C12H13N3O3. The fourth-order valence-electron chi connectivity index (χ4n) is 1.46. The molecule has 1 aromatic heterocycles. The standard InChI is InChI=1S/C12H13N3O3/c1-17-11-4-2-3-5-12(11)18-7-6-15-8-10(9-16)13-14-15/h2-5,8-9H,6-7H2,1H3. The summed E-state index contributed by atoms with van der Waals surface area (Å²) < 4.78 is 12.3. The molecule has 2 aromatic rings. The zero-order valence-electron chi connectivity index (χ0n) is 9.94. The second-order valence-corrected chi connectivity index (χ2v) is 3.52. The summed E-state index contributed by atoms with van der Waals surface area (Å²) in [6.45, 7) is 0.931. The molecule has 0 unspecified atom stereocenters. The first-order valence-electron chi connectivity index (χ1n) is 5.44. The van der Waals surface area contributed by atoms with Gasteiger partial charge in [0.25, 0.3) is 0 Å². The largest absolute Gasteiger partial charge is 0.493 e. The maximum Gasteiger partial charge on any atom is 0.171 e. The van der Waals surface area contributed by atoms with Gasteiger partial charge in [0.05, 0.1) is 19.9 Å². The van der Waals surface area contributed by atoms with E-state index in [0.717, 1.165) is 0 Å². The van der Waals surface area contributed by atoms with Crippen molar-refractivity contribution in [3.63, 3.8) is 0 Å². The Morgan fingerprint density at radius 3 is 2.78 bits per heavy atom. The first-order chi connectivity index (χ1) is 8.83. The monoisotopic (exact) mass is 247 g/mol. The van der Waals surface area contributed by atoms with Crippen LogP contribution in [0.3, 0.4) is 0 Å². The second kappa shape index (κ2) is 5.81. The van der Waals surface area contributed by atoms with Crippen LogP contribution in [0.2, 0.25) is 0 Å². The van der Waals surface area contributed by atoms with Crippen LogP contribution in [0.4, 0.5) is 0 Å². The van der Waals surface area contributed by atoms with E-state index in [4.69, 9.17) is 9.47 Å². The van der Waals surface area contributed by atoms with Crippen molar-refractivity contribution in [2.75, 3.05) is 13.7 Å². The number of carbonyl (C=O) groups is 1. The number of hydrogen-bond acceptors (Lipinski definition) is 5. The number of methoxy groups -OCH3 is 1. The van der Waals surface area contributed by atoms with Gasteiger partial charge in [-0.25, -0.2) is 4.68 Å². The molecule has 0 aliphatic carbocycles. The van der Waals surface area contributed by atoms with Crippen molar-refractivity contribution < 1.29 is 14.3 Å². The summed E-state index contributed by atoms with van der Waals surface area (Å²) in [6.07, 6.45) is 2.23. The third kappa shape index (κ3) is 2.85. The van der Waals surface area contributed by atoms with Crippen LogP contribution in [0, 0.1) is 0 Å². The summed E-state index contributed by atoms with van der Waals surface area (Å²) >= 11 is 0. The molecule has 6 nitrogen and oxygen atoms in total. The Balaban J connectivity index is 1.90. The molecule has 1 aromatic carbocycles. The summed E-state index contributed by atoms with van der Waals surface area (Å²) in [4.78, 5) is 10.4. The molecule has 0 radical (unpaired) electrons. The van der Waals surface area contributed by atoms with Crippen molar-refractivity contribution in [2.45, 2.75) is 6.54 Å². The van der Waals surface area contributed by atoms with Crippen molar-refractivity contribution in [3.05, 3.63) is 36.2 Å². The normalized spacial score (nSPS) is 10.1. The lowest BCUT2D eigenvalue weighted by Gasteiger charge is -2.09. The van der Waals surface area contributed by atoms with Crippen LogP contribution in [0.15, 0.2) is 30.5 Å². The van der Waals surface area contributed by atoms with Gasteiger partial charge in [0.1, 0.15) is 12.3 Å². The highest BCUT2D eigenvalue weighted by Crippen LogP contribution is 2.25. The average Bonchev–Trinajstić information content (AvgIpc) is 2.87. The smallest absolute Gasteiger partial charge is 0.171 e. The number of hydrogen-bond donors (Lipinski definition) is 0. The Labute approximate surface area is 104 Å². The SMILES string of the molecule is COc1ccccc1OCCn1cc(C=O)nn1. The number of benzene rings is 1. The molecule has 0 spiro atoms. The number of para-hydroxylation sites is 2. The summed E-state index contributed by atoms with van der Waals surface area (Å²) in [7, 11) is 1.59. The summed E-state index contributed by atoms with van der Waals surface area (Å²) in [5.41, 5.74) is 0.312. The van der Waals surface area contributed by atoms with Crippen molar-refractivity contribution >= 4 is 6.29 Å². The Hall–Kier alpha value is -2.37. The molecule has 2 rings (SSSR count). The third-order valence-electron chi connectivity index (χ3n) is 2.32. The Morgan fingerprint density at radius 1 is 1.33 bits per heavy atom. The minimum atomic E-state index is 0.312. The number of rotatable bonds is 6. The Morgan fingerprint density at radius 2 is 2.11 bits per heavy atom. The molecule has 18 heavy (non-hydrogen) atoms. The molecule has 94 valence electrons. The van der Waals surface area contributed by atoms with Crippen LogP contribution in [-0.2, 0) is 6.54 Å². The van der Waals surface area contributed by atoms with Crippen LogP contribution in [0.25, 0.3) is 0 Å². The van der Waals surface area contributed by atoms with Gasteiger partial charge >= 0.3 is 0 Å². The third-order valence-corrected chi connectivity index (χ3v) is 2.32. The number of nitrogens with zero attached hydrogens (tertiary/aromatic N) is 3. The number of aldehydes is 1. The minimum Gasteiger partial charge on any atom is -0.493 e. The van der Waals surface area contributed by atoms with E-state index in [1.54, 1.807) is 18.0 Å². The van der Waals surface area contributed by atoms with E-state index in [0.29, 0.717) is 36.6 Å². The van der Waals surface area contributed by atoms with Crippen LogP contribution < -0.4 is 9.47 Å². The first kappa shape index (κ1) is 12.1.